The first-order valence-corrected chi connectivity index (χ1v) is 13.4. The van der Waals surface area contributed by atoms with Crippen molar-refractivity contribution in [3.05, 3.63) is 89.3 Å². The van der Waals surface area contributed by atoms with Crippen LogP contribution in [0.3, 0.4) is 0 Å². The van der Waals surface area contributed by atoms with Gasteiger partial charge in [-0.1, -0.05) is 51.2 Å². The van der Waals surface area contributed by atoms with Gasteiger partial charge in [-0.15, -0.1) is 0 Å². The summed E-state index contributed by atoms with van der Waals surface area (Å²) >= 11 is 1.34. The molecule has 0 spiro atoms. The number of aliphatic hydroxyl groups is 1. The molecule has 4 aromatic rings. The van der Waals surface area contributed by atoms with Crippen molar-refractivity contribution < 1.29 is 19.4 Å². The molecule has 1 fully saturated rings. The molecule has 1 saturated heterocycles. The van der Waals surface area contributed by atoms with E-state index in [0.29, 0.717) is 40.6 Å². The standard InChI is InChI=1S/C30H29N3O4S/c1-17(2)16-37-21-11-8-19(9-12-21)27(34)25-26(23-7-5-6-14-31-23)33(29(36)28(25)35)30-32-22-13-10-20(18(3)4)15-24(22)38-30/h5-15,17-18,26,34H,16H2,1-4H3/b27-25+. The normalized spacial score (nSPS) is 17.2. The van der Waals surface area contributed by atoms with Gasteiger partial charge in [0.1, 0.15) is 17.6 Å². The van der Waals surface area contributed by atoms with Crippen molar-refractivity contribution in [1.82, 2.24) is 9.97 Å². The minimum atomic E-state index is -0.918. The molecular weight excluding hydrogens is 498 g/mol. The lowest BCUT2D eigenvalue weighted by Gasteiger charge is -2.22. The first kappa shape index (κ1) is 25.6. The number of Topliss-reactive ketones (excluding diaryl/α,β-unsaturated/α-hetero) is 1. The Bertz CT molecular complexity index is 1520. The molecule has 1 aliphatic heterocycles. The molecule has 0 aliphatic carbocycles. The molecule has 2 aromatic carbocycles. The fraction of sp³-hybridized carbons (Fsp3) is 0.267. The molecule has 2 aromatic heterocycles. The third-order valence-corrected chi connectivity index (χ3v) is 7.41. The Balaban J connectivity index is 1.60. The van der Waals surface area contributed by atoms with Crippen molar-refractivity contribution >= 4 is 44.1 Å². The van der Waals surface area contributed by atoms with Crippen LogP contribution in [-0.4, -0.2) is 33.4 Å². The summed E-state index contributed by atoms with van der Waals surface area (Å²) < 4.78 is 6.66. The molecule has 3 heterocycles. The molecule has 7 nitrogen and oxygen atoms in total. The van der Waals surface area contributed by atoms with Crippen LogP contribution in [0.1, 0.15) is 56.5 Å². The highest BCUT2D eigenvalue weighted by Gasteiger charge is 2.48. The van der Waals surface area contributed by atoms with Crippen molar-refractivity contribution in [3.63, 3.8) is 0 Å². The SMILES string of the molecule is CC(C)COc1ccc(/C(O)=C2\C(=O)C(=O)N(c3nc4ccc(C(C)C)cc4s3)C2c2ccccn2)cc1. The molecule has 1 aliphatic rings. The van der Waals surface area contributed by atoms with Crippen LogP contribution < -0.4 is 9.64 Å². The third kappa shape index (κ3) is 4.79. The molecule has 1 unspecified atom stereocenters. The fourth-order valence-electron chi connectivity index (χ4n) is 4.37. The van der Waals surface area contributed by atoms with Gasteiger partial charge in [-0.05, 0) is 65.9 Å². The summed E-state index contributed by atoms with van der Waals surface area (Å²) in [6.07, 6.45) is 1.60. The maximum Gasteiger partial charge on any atom is 0.301 e. The number of carbonyl (C=O) groups excluding carboxylic acids is 2. The molecule has 0 saturated carbocycles. The number of hydrogen-bond acceptors (Lipinski definition) is 7. The number of nitrogens with zero attached hydrogens (tertiary/aromatic N) is 3. The van der Waals surface area contributed by atoms with E-state index in [1.54, 1.807) is 48.7 Å². The van der Waals surface area contributed by atoms with Gasteiger partial charge in [0.15, 0.2) is 5.13 Å². The number of carbonyl (C=O) groups is 2. The smallest absolute Gasteiger partial charge is 0.301 e. The summed E-state index contributed by atoms with van der Waals surface area (Å²) in [5.74, 6) is -0.415. The molecule has 194 valence electrons. The topological polar surface area (TPSA) is 92.6 Å². The number of ether oxygens (including phenoxy) is 1. The van der Waals surface area contributed by atoms with Gasteiger partial charge >= 0.3 is 5.91 Å². The minimum Gasteiger partial charge on any atom is -0.507 e. The number of pyridine rings is 1. The Morgan fingerprint density at radius 1 is 1.05 bits per heavy atom. The zero-order chi connectivity index (χ0) is 27.0. The number of thiazole rings is 1. The lowest BCUT2D eigenvalue weighted by atomic mass is 9.98. The van der Waals surface area contributed by atoms with Gasteiger partial charge in [-0.25, -0.2) is 4.98 Å². The number of anilines is 1. The highest BCUT2D eigenvalue weighted by atomic mass is 32.1. The summed E-state index contributed by atoms with van der Waals surface area (Å²) in [6, 6.07) is 17.2. The van der Waals surface area contributed by atoms with Gasteiger partial charge in [0.25, 0.3) is 5.78 Å². The number of benzene rings is 2. The van der Waals surface area contributed by atoms with Gasteiger partial charge in [0, 0.05) is 11.8 Å². The third-order valence-electron chi connectivity index (χ3n) is 6.40. The zero-order valence-corrected chi connectivity index (χ0v) is 22.5. The van der Waals surface area contributed by atoms with Crippen molar-refractivity contribution in [3.8, 4) is 5.75 Å². The van der Waals surface area contributed by atoms with Crippen molar-refractivity contribution in [1.29, 1.82) is 0 Å². The van der Waals surface area contributed by atoms with Crippen LogP contribution >= 0.6 is 11.3 Å². The number of hydrogen-bond donors (Lipinski definition) is 1. The number of ketones is 1. The zero-order valence-electron chi connectivity index (χ0n) is 21.7. The largest absolute Gasteiger partial charge is 0.507 e. The Hall–Kier alpha value is -4.04. The second-order valence-corrected chi connectivity index (χ2v) is 11.0. The summed E-state index contributed by atoms with van der Waals surface area (Å²) in [4.78, 5) is 37.3. The van der Waals surface area contributed by atoms with Crippen molar-refractivity contribution in [2.24, 2.45) is 5.92 Å². The summed E-state index contributed by atoms with van der Waals surface area (Å²) in [7, 11) is 0. The van der Waals surface area contributed by atoms with Crippen LogP contribution in [-0.2, 0) is 9.59 Å². The Morgan fingerprint density at radius 2 is 1.82 bits per heavy atom. The first-order chi connectivity index (χ1) is 18.2. The number of aliphatic hydroxyl groups excluding tert-OH is 1. The average molecular weight is 528 g/mol. The maximum atomic E-state index is 13.4. The highest BCUT2D eigenvalue weighted by molar-refractivity contribution is 7.22. The van der Waals surface area contributed by atoms with Gasteiger partial charge in [0.05, 0.1) is 28.1 Å². The van der Waals surface area contributed by atoms with E-state index in [0.717, 1.165) is 15.8 Å². The Labute approximate surface area is 225 Å². The van der Waals surface area contributed by atoms with Gasteiger partial charge in [-0.2, -0.15) is 0 Å². The predicted molar refractivity (Wildman–Crippen MR) is 150 cm³/mol. The molecule has 38 heavy (non-hydrogen) atoms. The number of fused-ring (bicyclic) bond motifs is 1. The van der Waals surface area contributed by atoms with Crippen LogP contribution in [0.4, 0.5) is 5.13 Å². The number of aromatic nitrogens is 2. The second kappa shape index (κ2) is 10.4. The van der Waals surface area contributed by atoms with Crippen LogP contribution in [0, 0.1) is 5.92 Å². The van der Waals surface area contributed by atoms with Crippen molar-refractivity contribution in [2.75, 3.05) is 11.5 Å². The molecule has 0 bridgehead atoms. The van der Waals surface area contributed by atoms with Crippen LogP contribution in [0.2, 0.25) is 0 Å². The lowest BCUT2D eigenvalue weighted by Crippen LogP contribution is -2.29. The van der Waals surface area contributed by atoms with Crippen LogP contribution in [0.5, 0.6) is 5.75 Å². The Kier molecular flexibility index (Phi) is 6.99. The quantitative estimate of drug-likeness (QED) is 0.168. The van der Waals surface area contributed by atoms with E-state index >= 15 is 0 Å². The monoisotopic (exact) mass is 527 g/mol. The average Bonchev–Trinajstić information content (AvgIpc) is 3.45. The van der Waals surface area contributed by atoms with Crippen LogP contribution in [0.25, 0.3) is 16.0 Å². The molecule has 1 atom stereocenters. The number of amides is 1. The molecule has 1 amide bonds. The van der Waals surface area contributed by atoms with Crippen molar-refractivity contribution in [2.45, 2.75) is 39.7 Å². The molecule has 5 rings (SSSR count). The minimum absolute atomic E-state index is 0.0216. The summed E-state index contributed by atoms with van der Waals surface area (Å²) in [6.45, 7) is 8.92. The molecule has 1 N–H and O–H groups in total. The Morgan fingerprint density at radius 3 is 2.47 bits per heavy atom. The van der Waals surface area contributed by atoms with Crippen LogP contribution in [0.15, 0.2) is 72.4 Å². The van der Waals surface area contributed by atoms with E-state index in [4.69, 9.17) is 9.72 Å². The van der Waals surface area contributed by atoms with E-state index < -0.39 is 17.7 Å². The summed E-state index contributed by atoms with van der Waals surface area (Å²) in [5, 5.41) is 11.7. The van der Waals surface area contributed by atoms with E-state index in [1.165, 1.54) is 16.2 Å². The first-order valence-electron chi connectivity index (χ1n) is 12.6. The van der Waals surface area contributed by atoms with E-state index in [2.05, 4.69) is 38.7 Å². The fourth-order valence-corrected chi connectivity index (χ4v) is 5.41. The summed E-state index contributed by atoms with van der Waals surface area (Å²) in [5.41, 5.74) is 2.76. The molecule has 8 heteroatoms. The van der Waals surface area contributed by atoms with E-state index in [1.807, 2.05) is 12.1 Å². The molecule has 0 radical (unpaired) electrons. The van der Waals surface area contributed by atoms with E-state index in [9.17, 15) is 14.7 Å². The number of rotatable bonds is 7. The maximum absolute atomic E-state index is 13.4. The molecular formula is C30H29N3O4S. The lowest BCUT2D eigenvalue weighted by molar-refractivity contribution is -0.132. The van der Waals surface area contributed by atoms with Gasteiger partial charge in [-0.3, -0.25) is 19.5 Å². The van der Waals surface area contributed by atoms with Gasteiger partial charge in [0.2, 0.25) is 0 Å². The predicted octanol–water partition coefficient (Wildman–Crippen LogP) is 6.48. The highest BCUT2D eigenvalue weighted by Crippen LogP contribution is 2.44. The van der Waals surface area contributed by atoms with E-state index in [-0.39, 0.29) is 11.3 Å². The van der Waals surface area contributed by atoms with Gasteiger partial charge < -0.3 is 9.84 Å². The second-order valence-electron chi connectivity index (χ2n) is 10.0.